The normalized spacial score (nSPS) is 17.3. The molecular formula is C21H32IN5O3S. The molecule has 0 amide bonds. The third-order valence-corrected chi connectivity index (χ3v) is 6.46. The second kappa shape index (κ2) is 11.8. The lowest BCUT2D eigenvalue weighted by atomic mass is 10.0. The van der Waals surface area contributed by atoms with Crippen molar-refractivity contribution in [3.63, 3.8) is 0 Å². The molecule has 0 spiro atoms. The van der Waals surface area contributed by atoms with E-state index >= 15 is 0 Å². The maximum absolute atomic E-state index is 12.3. The molecule has 1 aliphatic heterocycles. The average molecular weight is 561 g/mol. The standard InChI is InChI=1S/C21H31N5O3S.HI/c1-4-22-21(23-10-11-24-30(27,28)18-9-12-25(3)15-18)26-13-14-29-20(16-26)19-8-6-5-7-17(19)2;/h5-9,12,15,20,24H,4,10-11,13-14,16H2,1-3H3,(H,22,23);1H. The third kappa shape index (κ3) is 6.93. The summed E-state index contributed by atoms with van der Waals surface area (Å²) in [4.78, 5) is 7.07. The van der Waals surface area contributed by atoms with Gasteiger partial charge in [0.2, 0.25) is 10.0 Å². The highest BCUT2D eigenvalue weighted by atomic mass is 127. The van der Waals surface area contributed by atoms with E-state index in [1.54, 1.807) is 30.1 Å². The number of sulfonamides is 1. The lowest BCUT2D eigenvalue weighted by molar-refractivity contribution is -0.00832. The number of morpholine rings is 1. The molecule has 1 unspecified atom stereocenters. The van der Waals surface area contributed by atoms with Crippen molar-refractivity contribution in [2.75, 3.05) is 39.3 Å². The van der Waals surface area contributed by atoms with Crippen LogP contribution in [-0.4, -0.2) is 63.2 Å². The van der Waals surface area contributed by atoms with Crippen LogP contribution >= 0.6 is 24.0 Å². The van der Waals surface area contributed by atoms with E-state index in [0.29, 0.717) is 19.7 Å². The van der Waals surface area contributed by atoms with Crippen molar-refractivity contribution in [1.82, 2.24) is 19.5 Å². The van der Waals surface area contributed by atoms with Gasteiger partial charge in [-0.3, -0.25) is 4.99 Å². The minimum absolute atomic E-state index is 0. The molecule has 2 heterocycles. The second-order valence-corrected chi connectivity index (χ2v) is 9.08. The van der Waals surface area contributed by atoms with Gasteiger partial charge < -0.3 is 19.5 Å². The van der Waals surface area contributed by atoms with E-state index in [2.05, 4.69) is 39.0 Å². The number of nitrogens with zero attached hydrogens (tertiary/aromatic N) is 3. The molecule has 0 radical (unpaired) electrons. The molecule has 0 saturated carbocycles. The van der Waals surface area contributed by atoms with E-state index in [-0.39, 0.29) is 41.5 Å². The largest absolute Gasteiger partial charge is 0.370 e. The summed E-state index contributed by atoms with van der Waals surface area (Å²) in [6, 6.07) is 9.83. The number of guanidine groups is 1. The quantitative estimate of drug-likeness (QED) is 0.235. The summed E-state index contributed by atoms with van der Waals surface area (Å²) in [5.74, 6) is 0.776. The predicted molar refractivity (Wildman–Crippen MR) is 133 cm³/mol. The Morgan fingerprint density at radius 2 is 2.06 bits per heavy atom. The number of aliphatic imine (C=N–C) groups is 1. The fraction of sp³-hybridized carbons (Fsp3) is 0.476. The Labute approximate surface area is 202 Å². The molecule has 8 nitrogen and oxygen atoms in total. The molecular weight excluding hydrogens is 529 g/mol. The van der Waals surface area contributed by atoms with E-state index < -0.39 is 10.0 Å². The number of halogens is 1. The molecule has 1 saturated heterocycles. The number of aromatic nitrogens is 1. The van der Waals surface area contributed by atoms with Crippen molar-refractivity contribution in [2.24, 2.45) is 12.0 Å². The zero-order valence-electron chi connectivity index (χ0n) is 18.2. The molecule has 31 heavy (non-hydrogen) atoms. The molecule has 1 aliphatic rings. The fourth-order valence-electron chi connectivity index (χ4n) is 3.47. The Bertz CT molecular complexity index is 977. The van der Waals surface area contributed by atoms with Gasteiger partial charge in [0.25, 0.3) is 0 Å². The first kappa shape index (κ1) is 25.6. The zero-order valence-corrected chi connectivity index (χ0v) is 21.4. The van der Waals surface area contributed by atoms with Gasteiger partial charge in [0.05, 0.1) is 24.6 Å². The number of ether oxygens (including phenoxy) is 1. The lowest BCUT2D eigenvalue weighted by Crippen LogP contribution is -2.48. The van der Waals surface area contributed by atoms with Gasteiger partial charge in [0.15, 0.2) is 5.96 Å². The van der Waals surface area contributed by atoms with Crippen molar-refractivity contribution in [3.05, 3.63) is 53.9 Å². The van der Waals surface area contributed by atoms with Gasteiger partial charge in [0, 0.05) is 39.1 Å². The van der Waals surface area contributed by atoms with Gasteiger partial charge in [-0.1, -0.05) is 24.3 Å². The van der Waals surface area contributed by atoms with Crippen LogP contribution in [0.4, 0.5) is 0 Å². The first-order chi connectivity index (χ1) is 14.4. The van der Waals surface area contributed by atoms with E-state index in [1.807, 2.05) is 19.1 Å². The lowest BCUT2D eigenvalue weighted by Gasteiger charge is -2.35. The minimum Gasteiger partial charge on any atom is -0.370 e. The molecule has 1 aromatic carbocycles. The van der Waals surface area contributed by atoms with Crippen LogP contribution in [0.5, 0.6) is 0 Å². The Morgan fingerprint density at radius 1 is 1.29 bits per heavy atom. The highest BCUT2D eigenvalue weighted by Gasteiger charge is 2.25. The number of aryl methyl sites for hydroxylation is 2. The summed E-state index contributed by atoms with van der Waals surface area (Å²) in [5.41, 5.74) is 2.40. The van der Waals surface area contributed by atoms with Crippen molar-refractivity contribution in [3.8, 4) is 0 Å². The Kier molecular flexibility index (Phi) is 9.79. The Balaban J connectivity index is 0.00000341. The number of nitrogens with one attached hydrogen (secondary N) is 2. The van der Waals surface area contributed by atoms with Gasteiger partial charge in [-0.2, -0.15) is 0 Å². The predicted octanol–water partition coefficient (Wildman–Crippen LogP) is 2.27. The summed E-state index contributed by atoms with van der Waals surface area (Å²) in [6.07, 6.45) is 3.27. The maximum Gasteiger partial charge on any atom is 0.242 e. The van der Waals surface area contributed by atoms with Gasteiger partial charge in [0.1, 0.15) is 6.10 Å². The SMILES string of the molecule is CCNC(=NCCNS(=O)(=O)c1ccn(C)c1)N1CCOC(c2ccccc2C)C1.I. The van der Waals surface area contributed by atoms with Crippen LogP contribution in [0.3, 0.4) is 0 Å². The van der Waals surface area contributed by atoms with Crippen LogP contribution < -0.4 is 10.0 Å². The second-order valence-electron chi connectivity index (χ2n) is 7.31. The summed E-state index contributed by atoms with van der Waals surface area (Å²) in [7, 11) is -1.73. The summed E-state index contributed by atoms with van der Waals surface area (Å²) < 4.78 is 35.0. The Morgan fingerprint density at radius 3 is 2.74 bits per heavy atom. The summed E-state index contributed by atoms with van der Waals surface area (Å²) >= 11 is 0. The number of hydrogen-bond acceptors (Lipinski definition) is 4. The van der Waals surface area contributed by atoms with Crippen LogP contribution in [0.1, 0.15) is 24.2 Å². The molecule has 1 atom stereocenters. The molecule has 0 aliphatic carbocycles. The molecule has 172 valence electrons. The van der Waals surface area contributed by atoms with E-state index in [0.717, 1.165) is 19.0 Å². The van der Waals surface area contributed by atoms with Crippen molar-refractivity contribution in [1.29, 1.82) is 0 Å². The van der Waals surface area contributed by atoms with Gasteiger partial charge in [-0.25, -0.2) is 13.1 Å². The number of rotatable bonds is 7. The summed E-state index contributed by atoms with van der Waals surface area (Å²) in [6.45, 7) is 7.49. The van der Waals surface area contributed by atoms with Gasteiger partial charge in [-0.15, -0.1) is 24.0 Å². The number of hydrogen-bond donors (Lipinski definition) is 2. The van der Waals surface area contributed by atoms with Crippen LogP contribution in [-0.2, 0) is 21.8 Å². The van der Waals surface area contributed by atoms with Crippen LogP contribution in [0.15, 0.2) is 52.6 Å². The van der Waals surface area contributed by atoms with E-state index in [1.165, 1.54) is 11.1 Å². The molecule has 2 N–H and O–H groups in total. The van der Waals surface area contributed by atoms with Gasteiger partial charge >= 0.3 is 0 Å². The maximum atomic E-state index is 12.3. The average Bonchev–Trinajstić information content (AvgIpc) is 3.18. The van der Waals surface area contributed by atoms with Crippen LogP contribution in [0.2, 0.25) is 0 Å². The molecule has 1 fully saturated rings. The molecule has 0 bridgehead atoms. The number of benzene rings is 1. The van der Waals surface area contributed by atoms with Crippen molar-refractivity contribution < 1.29 is 13.2 Å². The monoisotopic (exact) mass is 561 g/mol. The first-order valence-corrected chi connectivity index (χ1v) is 11.7. The highest BCUT2D eigenvalue weighted by Crippen LogP contribution is 2.24. The third-order valence-electron chi connectivity index (χ3n) is 5.02. The van der Waals surface area contributed by atoms with Crippen LogP contribution in [0.25, 0.3) is 0 Å². The van der Waals surface area contributed by atoms with Gasteiger partial charge in [-0.05, 0) is 31.0 Å². The first-order valence-electron chi connectivity index (χ1n) is 10.2. The molecule has 1 aromatic heterocycles. The highest BCUT2D eigenvalue weighted by molar-refractivity contribution is 14.0. The van der Waals surface area contributed by atoms with Crippen molar-refractivity contribution in [2.45, 2.75) is 24.8 Å². The smallest absolute Gasteiger partial charge is 0.242 e. The molecule has 10 heteroatoms. The summed E-state index contributed by atoms with van der Waals surface area (Å²) in [5, 5.41) is 3.31. The van der Waals surface area contributed by atoms with Crippen LogP contribution in [0, 0.1) is 6.92 Å². The molecule has 3 rings (SSSR count). The topological polar surface area (TPSA) is 88.0 Å². The van der Waals surface area contributed by atoms with E-state index in [4.69, 9.17) is 4.74 Å². The zero-order chi connectivity index (χ0) is 21.6. The van der Waals surface area contributed by atoms with Crippen molar-refractivity contribution >= 4 is 40.0 Å². The molecule has 2 aromatic rings. The fourth-order valence-corrected chi connectivity index (χ4v) is 4.54. The Hall–Kier alpha value is -1.63. The van der Waals surface area contributed by atoms with E-state index in [9.17, 15) is 8.42 Å². The minimum atomic E-state index is -3.52.